The molecule has 1 aromatic rings. The third-order valence-corrected chi connectivity index (χ3v) is 1.97. The standard InChI is InChI=1S/C8H13N5O3/c1-2-4(3-5(14)15)10-7(16)6-11-8(9)13-12-6/h4H,2-3H2,1H3,(H,10,16)(H,14,15)(H3,9,11,12,13). The number of nitrogens with two attached hydrogens (primary N) is 1. The first-order valence-electron chi connectivity index (χ1n) is 4.73. The van der Waals surface area contributed by atoms with Crippen LogP contribution >= 0.6 is 0 Å². The molecule has 1 aromatic heterocycles. The summed E-state index contributed by atoms with van der Waals surface area (Å²) in [6, 6.07) is -0.434. The minimum Gasteiger partial charge on any atom is -0.481 e. The van der Waals surface area contributed by atoms with Crippen molar-refractivity contribution in [3.8, 4) is 0 Å². The Morgan fingerprint density at radius 3 is 2.75 bits per heavy atom. The fourth-order valence-electron chi connectivity index (χ4n) is 1.14. The average Bonchev–Trinajstić information content (AvgIpc) is 2.63. The van der Waals surface area contributed by atoms with Crippen LogP contribution in [0.3, 0.4) is 0 Å². The average molecular weight is 227 g/mol. The molecule has 8 heteroatoms. The van der Waals surface area contributed by atoms with Gasteiger partial charge in [0, 0.05) is 6.04 Å². The number of nitrogens with one attached hydrogen (secondary N) is 2. The molecular weight excluding hydrogens is 214 g/mol. The Kier molecular flexibility index (Phi) is 3.81. The van der Waals surface area contributed by atoms with Gasteiger partial charge in [0.25, 0.3) is 5.91 Å². The van der Waals surface area contributed by atoms with Crippen molar-refractivity contribution in [2.24, 2.45) is 0 Å². The lowest BCUT2D eigenvalue weighted by Crippen LogP contribution is -2.36. The number of aliphatic carboxylic acids is 1. The van der Waals surface area contributed by atoms with Crippen LogP contribution in [0.1, 0.15) is 30.4 Å². The van der Waals surface area contributed by atoms with Crippen molar-refractivity contribution in [3.05, 3.63) is 5.82 Å². The Morgan fingerprint density at radius 1 is 1.62 bits per heavy atom. The smallest absolute Gasteiger partial charge is 0.305 e. The molecule has 0 spiro atoms. The lowest BCUT2D eigenvalue weighted by atomic mass is 10.1. The van der Waals surface area contributed by atoms with Crippen molar-refractivity contribution in [2.75, 3.05) is 5.73 Å². The monoisotopic (exact) mass is 227 g/mol. The van der Waals surface area contributed by atoms with Gasteiger partial charge in [-0.1, -0.05) is 6.92 Å². The van der Waals surface area contributed by atoms with Gasteiger partial charge in [0.15, 0.2) is 0 Å². The molecule has 0 radical (unpaired) electrons. The maximum atomic E-state index is 11.5. The van der Waals surface area contributed by atoms with E-state index in [0.717, 1.165) is 0 Å². The first kappa shape index (κ1) is 12.0. The predicted molar refractivity (Wildman–Crippen MR) is 54.6 cm³/mol. The Labute approximate surface area is 91.2 Å². The van der Waals surface area contributed by atoms with Crippen LogP contribution in [0.5, 0.6) is 0 Å². The molecule has 1 amide bonds. The third kappa shape index (κ3) is 3.23. The van der Waals surface area contributed by atoms with Crippen LogP contribution in [0.15, 0.2) is 0 Å². The highest BCUT2D eigenvalue weighted by molar-refractivity contribution is 5.91. The molecule has 5 N–H and O–H groups in total. The highest BCUT2D eigenvalue weighted by Crippen LogP contribution is 2.00. The number of aromatic nitrogens is 3. The van der Waals surface area contributed by atoms with E-state index in [9.17, 15) is 9.59 Å². The van der Waals surface area contributed by atoms with E-state index in [1.165, 1.54) is 0 Å². The number of carbonyl (C=O) groups excluding carboxylic acids is 1. The fraction of sp³-hybridized carbons (Fsp3) is 0.500. The molecule has 1 rings (SSSR count). The number of amides is 1. The molecule has 1 heterocycles. The summed E-state index contributed by atoms with van der Waals surface area (Å²) >= 11 is 0. The Hall–Kier alpha value is -2.12. The maximum Gasteiger partial charge on any atom is 0.305 e. The third-order valence-electron chi connectivity index (χ3n) is 1.97. The highest BCUT2D eigenvalue weighted by Gasteiger charge is 2.17. The molecule has 8 nitrogen and oxygen atoms in total. The lowest BCUT2D eigenvalue weighted by molar-refractivity contribution is -0.137. The molecule has 1 atom stereocenters. The van der Waals surface area contributed by atoms with Gasteiger partial charge in [-0.15, -0.1) is 5.10 Å². The second-order valence-electron chi connectivity index (χ2n) is 3.22. The normalized spacial score (nSPS) is 12.1. The SMILES string of the molecule is CCC(CC(=O)O)NC(=O)c1nc(N)n[nH]1. The van der Waals surface area contributed by atoms with Crippen LogP contribution in [-0.4, -0.2) is 38.2 Å². The van der Waals surface area contributed by atoms with Gasteiger partial charge >= 0.3 is 5.97 Å². The zero-order valence-electron chi connectivity index (χ0n) is 8.73. The largest absolute Gasteiger partial charge is 0.481 e. The fourth-order valence-corrected chi connectivity index (χ4v) is 1.14. The van der Waals surface area contributed by atoms with E-state index in [2.05, 4.69) is 20.5 Å². The van der Waals surface area contributed by atoms with E-state index in [1.807, 2.05) is 0 Å². The van der Waals surface area contributed by atoms with E-state index >= 15 is 0 Å². The van der Waals surface area contributed by atoms with Crippen LogP contribution in [0.4, 0.5) is 5.95 Å². The highest BCUT2D eigenvalue weighted by atomic mass is 16.4. The zero-order chi connectivity index (χ0) is 12.1. The number of hydrogen-bond donors (Lipinski definition) is 4. The Balaban J connectivity index is 2.58. The molecule has 0 saturated heterocycles. The van der Waals surface area contributed by atoms with Gasteiger partial charge in [0.2, 0.25) is 11.8 Å². The number of carboxylic acid groups (broad SMARTS) is 1. The number of anilines is 1. The lowest BCUT2D eigenvalue weighted by Gasteiger charge is -2.13. The topological polar surface area (TPSA) is 134 Å². The summed E-state index contributed by atoms with van der Waals surface area (Å²) in [5, 5.41) is 17.0. The number of nitrogen functional groups attached to an aromatic ring is 1. The van der Waals surface area contributed by atoms with Crippen LogP contribution in [0.25, 0.3) is 0 Å². The Morgan fingerprint density at radius 2 is 2.31 bits per heavy atom. The molecule has 1 unspecified atom stereocenters. The molecule has 0 aliphatic heterocycles. The van der Waals surface area contributed by atoms with E-state index < -0.39 is 17.9 Å². The minimum absolute atomic E-state index is 0.0265. The summed E-state index contributed by atoms with van der Waals surface area (Å²) in [6.45, 7) is 1.78. The second kappa shape index (κ2) is 5.10. The van der Waals surface area contributed by atoms with E-state index in [0.29, 0.717) is 6.42 Å². The molecule has 88 valence electrons. The van der Waals surface area contributed by atoms with Crippen LogP contribution < -0.4 is 11.1 Å². The van der Waals surface area contributed by atoms with Gasteiger partial charge in [-0.05, 0) is 6.42 Å². The second-order valence-corrected chi connectivity index (χ2v) is 3.22. The van der Waals surface area contributed by atoms with E-state index in [4.69, 9.17) is 10.8 Å². The number of hydrogen-bond acceptors (Lipinski definition) is 5. The predicted octanol–water partition coefficient (Wildman–Crippen LogP) is -0.630. The van der Waals surface area contributed by atoms with Crippen molar-refractivity contribution in [1.29, 1.82) is 0 Å². The van der Waals surface area contributed by atoms with Gasteiger partial charge in [-0.2, -0.15) is 4.98 Å². The number of nitrogens with zero attached hydrogens (tertiary/aromatic N) is 2. The molecule has 0 aliphatic rings. The summed E-state index contributed by atoms with van der Waals surface area (Å²) in [5.74, 6) is -1.54. The molecule has 0 fully saturated rings. The molecular formula is C8H13N5O3. The van der Waals surface area contributed by atoms with Crippen LogP contribution in [-0.2, 0) is 4.79 Å². The summed E-state index contributed by atoms with van der Waals surface area (Å²) in [6.07, 6.45) is 0.382. The quantitative estimate of drug-likeness (QED) is 0.529. The summed E-state index contributed by atoms with van der Waals surface area (Å²) in [7, 11) is 0. The van der Waals surface area contributed by atoms with Gasteiger partial charge in [-0.3, -0.25) is 14.7 Å². The van der Waals surface area contributed by atoms with Crippen molar-refractivity contribution in [1.82, 2.24) is 20.5 Å². The van der Waals surface area contributed by atoms with Crippen LogP contribution in [0, 0.1) is 0 Å². The number of rotatable bonds is 5. The van der Waals surface area contributed by atoms with Crippen LogP contribution in [0.2, 0.25) is 0 Å². The van der Waals surface area contributed by atoms with Gasteiger partial charge in [0.1, 0.15) is 0 Å². The van der Waals surface area contributed by atoms with Crippen molar-refractivity contribution in [3.63, 3.8) is 0 Å². The number of carbonyl (C=O) groups is 2. The summed E-state index contributed by atoms with van der Waals surface area (Å²) in [5.41, 5.74) is 5.23. The molecule has 0 aliphatic carbocycles. The number of aromatic amines is 1. The van der Waals surface area contributed by atoms with E-state index in [-0.39, 0.29) is 18.2 Å². The molecule has 0 bridgehead atoms. The van der Waals surface area contributed by atoms with Gasteiger partial charge in [0.05, 0.1) is 6.42 Å². The first-order chi connectivity index (χ1) is 7.52. The molecule has 0 saturated carbocycles. The van der Waals surface area contributed by atoms with Gasteiger partial charge < -0.3 is 16.2 Å². The Bertz CT molecular complexity index is 389. The van der Waals surface area contributed by atoms with Crippen molar-refractivity contribution < 1.29 is 14.7 Å². The van der Waals surface area contributed by atoms with Gasteiger partial charge in [-0.25, -0.2) is 0 Å². The minimum atomic E-state index is -0.968. The van der Waals surface area contributed by atoms with Crippen molar-refractivity contribution in [2.45, 2.75) is 25.8 Å². The zero-order valence-corrected chi connectivity index (χ0v) is 8.73. The van der Waals surface area contributed by atoms with Crippen molar-refractivity contribution >= 4 is 17.8 Å². The summed E-state index contributed by atoms with van der Waals surface area (Å²) < 4.78 is 0. The number of H-pyrrole nitrogens is 1. The number of carboxylic acids is 1. The summed E-state index contributed by atoms with van der Waals surface area (Å²) in [4.78, 5) is 25.6. The van der Waals surface area contributed by atoms with E-state index in [1.54, 1.807) is 6.92 Å². The molecule has 16 heavy (non-hydrogen) atoms. The maximum absolute atomic E-state index is 11.5. The first-order valence-corrected chi connectivity index (χ1v) is 4.73. The molecule has 0 aromatic carbocycles.